The lowest BCUT2D eigenvalue weighted by molar-refractivity contribution is -0.124. The van der Waals surface area contributed by atoms with E-state index in [1.165, 1.54) is 5.56 Å². The Hall–Kier alpha value is -4.47. The number of ether oxygens (including phenoxy) is 1. The predicted molar refractivity (Wildman–Crippen MR) is 163 cm³/mol. The standard InChI is InChI=1S/C33H37N7O2/c1-42-26-14-11-24(12-15-26)21-40-31(16-13-23-7-3-2-4-8-23)38-39-32(40)30(37-33(41)29-17-18-34-22-36-29)19-25-20-35-28-10-6-5-9-27(25)28/h2-12,14-15,20,29-30,34-36H,13,16-19,21-22H2,1H3,(H,37,41)/t29?,30-/m1/s1. The normalized spacial score (nSPS) is 15.9. The largest absolute Gasteiger partial charge is 0.497 e. The molecule has 9 heteroatoms. The molecule has 9 nitrogen and oxygen atoms in total. The van der Waals surface area contributed by atoms with Crippen molar-refractivity contribution in [3.63, 3.8) is 0 Å². The predicted octanol–water partition coefficient (Wildman–Crippen LogP) is 3.91. The number of rotatable bonds is 11. The van der Waals surface area contributed by atoms with Gasteiger partial charge in [-0.3, -0.25) is 10.1 Å². The molecule has 0 spiro atoms. The number of aryl methyl sites for hydroxylation is 2. The van der Waals surface area contributed by atoms with Crippen LogP contribution in [-0.4, -0.2) is 52.0 Å². The van der Waals surface area contributed by atoms with Crippen molar-refractivity contribution in [3.8, 4) is 5.75 Å². The van der Waals surface area contributed by atoms with Gasteiger partial charge in [0.2, 0.25) is 5.91 Å². The van der Waals surface area contributed by atoms with Crippen molar-refractivity contribution in [1.29, 1.82) is 0 Å². The van der Waals surface area contributed by atoms with E-state index in [1.54, 1.807) is 7.11 Å². The molecule has 2 atom stereocenters. The monoisotopic (exact) mass is 563 g/mol. The lowest BCUT2D eigenvalue weighted by atomic mass is 10.0. The highest BCUT2D eigenvalue weighted by Crippen LogP contribution is 2.26. The second-order valence-corrected chi connectivity index (χ2v) is 10.7. The van der Waals surface area contributed by atoms with Gasteiger partial charge in [-0.2, -0.15) is 0 Å². The Morgan fingerprint density at radius 1 is 1.00 bits per heavy atom. The van der Waals surface area contributed by atoms with Crippen LogP contribution in [0.2, 0.25) is 0 Å². The van der Waals surface area contributed by atoms with Gasteiger partial charge in [0.05, 0.1) is 25.7 Å². The zero-order valence-electron chi connectivity index (χ0n) is 23.8. The van der Waals surface area contributed by atoms with Crippen molar-refractivity contribution in [3.05, 3.63) is 113 Å². The van der Waals surface area contributed by atoms with Gasteiger partial charge in [-0.15, -0.1) is 10.2 Å². The number of para-hydroxylation sites is 1. The highest BCUT2D eigenvalue weighted by Gasteiger charge is 2.28. The molecule has 1 saturated heterocycles. The molecule has 0 bridgehead atoms. The summed E-state index contributed by atoms with van der Waals surface area (Å²) < 4.78 is 7.56. The topological polar surface area (TPSA) is 109 Å². The van der Waals surface area contributed by atoms with Gasteiger partial charge in [-0.25, -0.2) is 0 Å². The van der Waals surface area contributed by atoms with Crippen LogP contribution in [0.15, 0.2) is 85.1 Å². The summed E-state index contributed by atoms with van der Waals surface area (Å²) in [5.41, 5.74) is 4.55. The first kappa shape index (κ1) is 27.7. The van der Waals surface area contributed by atoms with E-state index in [0.29, 0.717) is 19.6 Å². The van der Waals surface area contributed by atoms with Crippen LogP contribution in [0.5, 0.6) is 5.75 Å². The Bertz CT molecular complexity index is 1600. The van der Waals surface area contributed by atoms with Crippen LogP contribution in [0.1, 0.15) is 40.8 Å². The average molecular weight is 564 g/mol. The Morgan fingerprint density at radius 3 is 2.60 bits per heavy atom. The van der Waals surface area contributed by atoms with E-state index < -0.39 is 0 Å². The number of amides is 1. The zero-order valence-corrected chi connectivity index (χ0v) is 23.8. The van der Waals surface area contributed by atoms with Gasteiger partial charge >= 0.3 is 0 Å². The molecule has 216 valence electrons. The first-order valence-corrected chi connectivity index (χ1v) is 14.6. The number of carbonyl (C=O) groups excluding carboxylic acids is 1. The maximum Gasteiger partial charge on any atom is 0.237 e. The first-order chi connectivity index (χ1) is 20.7. The van der Waals surface area contributed by atoms with Crippen LogP contribution in [0.4, 0.5) is 0 Å². The Labute approximate surface area is 245 Å². The third-order valence-corrected chi connectivity index (χ3v) is 7.96. The summed E-state index contributed by atoms with van der Waals surface area (Å²) in [7, 11) is 1.67. The lowest BCUT2D eigenvalue weighted by Crippen LogP contribution is -2.53. The summed E-state index contributed by atoms with van der Waals surface area (Å²) in [4.78, 5) is 16.9. The maximum absolute atomic E-state index is 13.6. The SMILES string of the molecule is COc1ccc(Cn2c(CCc3ccccc3)nnc2[C@@H](Cc2c[nH]c3ccccc23)NC(=O)C2CCNCN2)cc1. The maximum atomic E-state index is 13.6. The van der Waals surface area contributed by atoms with Gasteiger partial charge in [-0.05, 0) is 54.3 Å². The third kappa shape index (κ3) is 6.37. The number of hydrogen-bond acceptors (Lipinski definition) is 6. The van der Waals surface area contributed by atoms with Crippen LogP contribution in [0, 0.1) is 0 Å². The number of aromatic amines is 1. The zero-order chi connectivity index (χ0) is 28.7. The van der Waals surface area contributed by atoms with Crippen molar-refractivity contribution in [1.82, 2.24) is 35.7 Å². The van der Waals surface area contributed by atoms with Gasteiger partial charge in [0.25, 0.3) is 0 Å². The molecular weight excluding hydrogens is 526 g/mol. The molecule has 3 heterocycles. The highest BCUT2D eigenvalue weighted by molar-refractivity contribution is 5.84. The summed E-state index contributed by atoms with van der Waals surface area (Å²) in [5, 5.41) is 20.5. The van der Waals surface area contributed by atoms with Crippen LogP contribution in [0.3, 0.4) is 0 Å². The van der Waals surface area contributed by atoms with Gasteiger partial charge in [0.15, 0.2) is 5.82 Å². The molecule has 42 heavy (non-hydrogen) atoms. The second-order valence-electron chi connectivity index (χ2n) is 10.7. The summed E-state index contributed by atoms with van der Waals surface area (Å²) in [6.45, 7) is 2.00. The number of benzene rings is 3. The van der Waals surface area contributed by atoms with E-state index in [4.69, 9.17) is 14.9 Å². The van der Waals surface area contributed by atoms with Crippen LogP contribution in [0.25, 0.3) is 10.9 Å². The van der Waals surface area contributed by atoms with Crippen molar-refractivity contribution in [2.45, 2.75) is 44.3 Å². The fourth-order valence-electron chi connectivity index (χ4n) is 5.63. The number of aromatic nitrogens is 4. The number of hydrogen-bond donors (Lipinski definition) is 4. The van der Waals surface area contributed by atoms with Crippen LogP contribution < -0.4 is 20.7 Å². The molecule has 2 aromatic heterocycles. The van der Waals surface area contributed by atoms with Gasteiger partial charge in [0, 0.05) is 36.6 Å². The molecule has 6 rings (SSSR count). The summed E-state index contributed by atoms with van der Waals surface area (Å²) >= 11 is 0. The van der Waals surface area contributed by atoms with Gasteiger partial charge in [-0.1, -0.05) is 60.7 Å². The number of nitrogens with zero attached hydrogens (tertiary/aromatic N) is 3. The Balaban J connectivity index is 1.36. The quantitative estimate of drug-likeness (QED) is 0.194. The van der Waals surface area contributed by atoms with Crippen LogP contribution >= 0.6 is 0 Å². The molecule has 0 aliphatic carbocycles. The molecule has 1 unspecified atom stereocenters. The summed E-state index contributed by atoms with van der Waals surface area (Å²) in [5.74, 6) is 2.43. The number of H-pyrrole nitrogens is 1. The minimum Gasteiger partial charge on any atom is -0.497 e. The fraction of sp³-hybridized carbons (Fsp3) is 0.303. The van der Waals surface area contributed by atoms with Crippen molar-refractivity contribution in [2.24, 2.45) is 0 Å². The molecule has 5 aromatic rings. The van der Waals surface area contributed by atoms with Gasteiger partial charge in [0.1, 0.15) is 11.6 Å². The molecule has 4 N–H and O–H groups in total. The average Bonchev–Trinajstić information content (AvgIpc) is 3.64. The van der Waals surface area contributed by atoms with E-state index >= 15 is 0 Å². The number of methoxy groups -OCH3 is 1. The molecular formula is C33H37N7O2. The van der Waals surface area contributed by atoms with Crippen molar-refractivity contribution in [2.75, 3.05) is 20.3 Å². The van der Waals surface area contributed by atoms with E-state index in [1.807, 2.05) is 36.5 Å². The number of fused-ring (bicyclic) bond motifs is 1. The molecule has 1 aliphatic rings. The van der Waals surface area contributed by atoms with E-state index in [2.05, 4.69) is 74.0 Å². The minimum atomic E-state index is -0.371. The lowest BCUT2D eigenvalue weighted by Gasteiger charge is -2.26. The molecule has 1 fully saturated rings. The van der Waals surface area contributed by atoms with E-state index in [-0.39, 0.29) is 18.0 Å². The molecule has 0 radical (unpaired) electrons. The molecule has 1 aliphatic heterocycles. The van der Waals surface area contributed by atoms with E-state index in [9.17, 15) is 4.79 Å². The van der Waals surface area contributed by atoms with E-state index in [0.717, 1.165) is 65.2 Å². The van der Waals surface area contributed by atoms with Crippen molar-refractivity contribution < 1.29 is 9.53 Å². The Morgan fingerprint density at radius 2 is 1.81 bits per heavy atom. The summed E-state index contributed by atoms with van der Waals surface area (Å²) in [6.07, 6.45) is 4.93. The number of carbonyl (C=O) groups is 1. The number of nitrogens with one attached hydrogen (secondary N) is 4. The van der Waals surface area contributed by atoms with Crippen LogP contribution in [-0.2, 0) is 30.6 Å². The van der Waals surface area contributed by atoms with Gasteiger partial charge < -0.3 is 24.9 Å². The first-order valence-electron chi connectivity index (χ1n) is 14.6. The Kier molecular flexibility index (Phi) is 8.58. The molecule has 0 saturated carbocycles. The second kappa shape index (κ2) is 13.0. The smallest absolute Gasteiger partial charge is 0.237 e. The van der Waals surface area contributed by atoms with Crippen molar-refractivity contribution >= 4 is 16.8 Å². The molecule has 1 amide bonds. The minimum absolute atomic E-state index is 0.0221. The highest BCUT2D eigenvalue weighted by atomic mass is 16.5. The third-order valence-electron chi connectivity index (χ3n) is 7.96. The summed E-state index contributed by atoms with van der Waals surface area (Å²) in [6, 6.07) is 26.1. The fourth-order valence-corrected chi connectivity index (χ4v) is 5.63. The molecule has 3 aromatic carbocycles.